The molecule has 11 unspecified atom stereocenters. The second kappa shape index (κ2) is 51.9. The van der Waals surface area contributed by atoms with Gasteiger partial charge in [-0.15, -0.1) is 0 Å². The van der Waals surface area contributed by atoms with Gasteiger partial charge in [0.05, 0.1) is 81.2 Å². The molecule has 7 N–H and O–H groups in total. The number of thioether (sulfide) groups is 1. The number of nitrogens with zero attached hydrogens (tertiary/aromatic N) is 8. The van der Waals surface area contributed by atoms with E-state index in [-0.39, 0.29) is 84.1 Å². The smallest absolute Gasteiger partial charge is 0.351 e. The summed E-state index contributed by atoms with van der Waals surface area (Å²) < 4.78 is 45.7. The Morgan fingerprint density at radius 1 is 0.610 bits per heavy atom. The Kier molecular flexibility index (Phi) is 45.0. The predicted molar refractivity (Wildman–Crippen MR) is 423 cm³/mol. The maximum Gasteiger partial charge on any atom is 0.351 e. The Balaban J connectivity index is 0.000000450. The molecule has 4 saturated heterocycles. The first kappa shape index (κ1) is 91.2. The van der Waals surface area contributed by atoms with E-state index >= 15 is 0 Å². The van der Waals surface area contributed by atoms with Crippen molar-refractivity contribution >= 4 is 58.2 Å². The lowest BCUT2D eigenvalue weighted by Gasteiger charge is -2.37. The van der Waals surface area contributed by atoms with Crippen molar-refractivity contribution < 1.29 is 42.0 Å². The summed E-state index contributed by atoms with van der Waals surface area (Å²) in [5, 5.41) is 41.2. The number of nitrogens with one attached hydrogen (secondary N) is 7. The van der Waals surface area contributed by atoms with Crippen LogP contribution in [0.25, 0.3) is 0 Å². The van der Waals surface area contributed by atoms with E-state index in [1.807, 2.05) is 44.9 Å². The molecule has 6 heterocycles. The van der Waals surface area contributed by atoms with Gasteiger partial charge in [0.2, 0.25) is 5.91 Å². The van der Waals surface area contributed by atoms with Crippen LogP contribution in [0, 0.1) is 36.5 Å². The molecule has 4 aliphatic rings. The summed E-state index contributed by atoms with van der Waals surface area (Å²) in [6, 6.07) is 5.69. The Labute approximate surface area is 636 Å². The quantitative estimate of drug-likeness (QED) is 0.0184. The number of fused-ring (bicyclic) bond motifs is 1. The Bertz CT molecular complexity index is 3000. The number of Topliss-reactive ketones (excluding diaryl/α,β-unsaturated/α-hetero) is 1. The predicted octanol–water partition coefficient (Wildman–Crippen LogP) is 13.9. The molecule has 0 radical (unpaired) electrons. The highest BCUT2D eigenvalue weighted by Gasteiger charge is 2.44. The minimum Gasteiger partial charge on any atom is -0.370 e. The van der Waals surface area contributed by atoms with Crippen molar-refractivity contribution in [2.75, 3.05) is 75.4 Å². The van der Waals surface area contributed by atoms with Gasteiger partial charge in [0.15, 0.2) is 0 Å². The summed E-state index contributed by atoms with van der Waals surface area (Å²) in [5.74, 6) is 2.62. The largest absolute Gasteiger partial charge is 0.370 e. The number of anilines is 2. The van der Waals surface area contributed by atoms with Crippen LogP contribution in [0.5, 0.6) is 0 Å². The molecule has 596 valence electrons. The fourth-order valence-corrected chi connectivity index (χ4v) is 18.9. The van der Waals surface area contributed by atoms with Crippen LogP contribution in [0.2, 0.25) is 0 Å². The van der Waals surface area contributed by atoms with Crippen LogP contribution in [0.15, 0.2) is 22.0 Å². The molecule has 0 aliphatic carbocycles. The van der Waals surface area contributed by atoms with Crippen LogP contribution in [0.3, 0.4) is 0 Å². The van der Waals surface area contributed by atoms with Gasteiger partial charge in [-0.05, 0) is 160 Å². The highest BCUT2D eigenvalue weighted by atomic mass is 32.2. The number of carbonyl (C=O) groups is 3. The number of ether oxygens (including phenoxy) is 2. The summed E-state index contributed by atoms with van der Waals surface area (Å²) in [5.41, 5.74) is 1.10. The van der Waals surface area contributed by atoms with Crippen LogP contribution in [-0.4, -0.2) is 177 Å². The zero-order chi connectivity index (χ0) is 76.5. The summed E-state index contributed by atoms with van der Waals surface area (Å²) in [6.45, 7) is 33.2. The number of aryl methyl sites for hydroxylation is 2. The lowest BCUT2D eigenvalue weighted by molar-refractivity contribution is -0.121. The van der Waals surface area contributed by atoms with Gasteiger partial charge in [-0.2, -0.15) is 32.3 Å². The van der Waals surface area contributed by atoms with Gasteiger partial charge in [0.25, 0.3) is 17.1 Å². The Morgan fingerprint density at radius 2 is 1.06 bits per heavy atom. The average Bonchev–Trinajstić information content (AvgIpc) is 1.72. The third-order valence-electron chi connectivity index (χ3n) is 19.3. The molecule has 0 aromatic carbocycles. The maximum atomic E-state index is 13.3. The Morgan fingerprint density at radius 3 is 1.53 bits per heavy atom. The molecular formula is C76H135N15O11P2S. The molecule has 26 nitrogen and oxygen atoms in total. The first-order valence-corrected chi connectivity index (χ1v) is 43.3. The molecular weight excluding hydrogens is 1390 g/mol. The number of amides is 3. The molecule has 2 aromatic rings. The van der Waals surface area contributed by atoms with Gasteiger partial charge in [0, 0.05) is 104 Å². The fourth-order valence-electron chi connectivity index (χ4n) is 13.8. The average molecular weight is 1530 g/mol. The van der Waals surface area contributed by atoms with Crippen LogP contribution in [0.1, 0.15) is 273 Å². The van der Waals surface area contributed by atoms with E-state index in [2.05, 4.69) is 138 Å². The number of carbonyl (C=O) groups excluding carboxylic acids is 3. The molecule has 3 amide bonds. The minimum absolute atomic E-state index is 0.00890. The molecule has 11 atom stereocenters. The van der Waals surface area contributed by atoms with Crippen LogP contribution < -0.4 is 48.6 Å². The topological polar surface area (TPSA) is 315 Å². The van der Waals surface area contributed by atoms with Crippen molar-refractivity contribution in [1.29, 1.82) is 10.5 Å². The molecule has 2 aromatic heterocycles. The van der Waals surface area contributed by atoms with Gasteiger partial charge >= 0.3 is 17.4 Å². The van der Waals surface area contributed by atoms with E-state index < -0.39 is 29.5 Å². The summed E-state index contributed by atoms with van der Waals surface area (Å²) >= 11 is 1.99. The standard InChI is InChI=1S/C49H87N10O7PS.C27H48N5O4P/c1-7-41-42(66-67(64-31-21-25-50)59(36(2)3)37(4)5)32-45(65-41)58-34-38(6)47(57-49(58)63)54-30-19-9-8-16-28-52-33-39(60)22-13-10-20-29-53-44(61)24-15-12-18-27-51-26-17-11-14-23-43-46-40(35-68-43)55-48(62)56-46;1-8-10-11-12-13-16-29-26-22(7)19-31(27(33)30-26)25-18-24(23(9-2)35-25)36-37(34-17-14-15-28)32(20(3)4)21(5)6/h34,36-37,40-43,45-46,51-52H,7-24,26-33,35H2,1-6H3,(H,53,61)(H,54,57,63)(H2,55,56,62);19-21,23-25H,8-14,16-18H2,1-7H3,(H,29,30,33). The third-order valence-corrected chi connectivity index (χ3v) is 25.1. The van der Waals surface area contributed by atoms with Crippen molar-refractivity contribution in [2.45, 2.75) is 342 Å². The number of nitriles is 2. The summed E-state index contributed by atoms with van der Waals surface area (Å²) in [6.07, 6.45) is 26.6. The van der Waals surface area contributed by atoms with E-state index in [0.29, 0.717) is 93.9 Å². The van der Waals surface area contributed by atoms with E-state index in [0.717, 1.165) is 127 Å². The highest BCUT2D eigenvalue weighted by Crippen LogP contribution is 2.52. The SMILES string of the molecule is CCC1OC(n2cc(C)c(NCCCCCCNCC(=O)CCCCCNC(=O)CCCCCNCCCCCC3SCC4NC(=O)NC43)nc2=O)CC1OP(OCCC#N)N(C(C)C)C(C)C.CCCCCCCNc1nc(=O)n(C2CC(OP(OCCC#N)N(C(C)C)C(C)C)C(CC)O2)cc1C. The Hall–Kier alpha value is -4.44. The number of urea groups is 1. The lowest BCUT2D eigenvalue weighted by atomic mass is 10.0. The molecule has 0 saturated carbocycles. The molecule has 0 spiro atoms. The number of aromatic nitrogens is 4. The van der Waals surface area contributed by atoms with Crippen LogP contribution >= 0.6 is 28.8 Å². The number of ketones is 1. The zero-order valence-electron chi connectivity index (χ0n) is 66.2. The van der Waals surface area contributed by atoms with Crippen molar-refractivity contribution in [1.82, 2.24) is 55.0 Å². The second-order valence-corrected chi connectivity index (χ2v) is 33.5. The van der Waals surface area contributed by atoms with Crippen LogP contribution in [0.4, 0.5) is 16.4 Å². The number of hydrogen-bond donors (Lipinski definition) is 7. The summed E-state index contributed by atoms with van der Waals surface area (Å²) in [4.78, 5) is 71.1. The highest BCUT2D eigenvalue weighted by molar-refractivity contribution is 8.00. The fraction of sp³-hybridized carbons (Fsp3) is 0.829. The number of rotatable bonds is 55. The first-order chi connectivity index (χ1) is 50.6. The molecule has 0 bridgehead atoms. The van der Waals surface area contributed by atoms with E-state index in [9.17, 15) is 24.0 Å². The minimum atomic E-state index is -1.44. The lowest BCUT2D eigenvalue weighted by Crippen LogP contribution is -2.36. The van der Waals surface area contributed by atoms with Gasteiger partial charge in [0.1, 0.15) is 29.9 Å². The first-order valence-electron chi connectivity index (χ1n) is 40.0. The van der Waals surface area contributed by atoms with Crippen LogP contribution in [-0.2, 0) is 37.2 Å². The molecule has 105 heavy (non-hydrogen) atoms. The van der Waals surface area contributed by atoms with Gasteiger partial charge < -0.3 is 64.8 Å². The van der Waals surface area contributed by atoms with Crippen molar-refractivity contribution in [3.05, 3.63) is 44.5 Å². The zero-order valence-corrected chi connectivity index (χ0v) is 68.8. The molecule has 4 aliphatic heterocycles. The van der Waals surface area contributed by atoms with E-state index in [1.165, 1.54) is 51.4 Å². The van der Waals surface area contributed by atoms with Gasteiger partial charge in [-0.1, -0.05) is 85.0 Å². The van der Waals surface area contributed by atoms with Crippen molar-refractivity contribution in [3.63, 3.8) is 0 Å². The maximum absolute atomic E-state index is 13.3. The molecule has 29 heteroatoms. The number of unbranched alkanes of at least 4 members (excludes halogenated alkanes) is 13. The monoisotopic (exact) mass is 1530 g/mol. The van der Waals surface area contributed by atoms with E-state index in [1.54, 1.807) is 9.13 Å². The molecule has 6 rings (SSSR count). The van der Waals surface area contributed by atoms with E-state index in [4.69, 9.17) is 38.1 Å². The van der Waals surface area contributed by atoms with Crippen molar-refractivity contribution in [3.8, 4) is 12.1 Å². The second-order valence-electron chi connectivity index (χ2n) is 29.4. The van der Waals surface area contributed by atoms with Crippen molar-refractivity contribution in [2.24, 2.45) is 0 Å². The normalized spacial score (nSPS) is 21.2. The van der Waals surface area contributed by atoms with Gasteiger partial charge in [-0.3, -0.25) is 18.7 Å². The van der Waals surface area contributed by atoms with Gasteiger partial charge in [-0.25, -0.2) is 23.7 Å². The summed E-state index contributed by atoms with van der Waals surface area (Å²) in [7, 11) is -2.82. The number of hydrogen-bond acceptors (Lipinski definition) is 22. The molecule has 4 fully saturated rings. The third kappa shape index (κ3) is 33.0.